The summed E-state index contributed by atoms with van der Waals surface area (Å²) in [6, 6.07) is 14.8. The van der Waals surface area contributed by atoms with Gasteiger partial charge in [0.25, 0.3) is 0 Å². The Balaban J connectivity index is 1.55. The van der Waals surface area contributed by atoms with Crippen LogP contribution in [0.25, 0.3) is 22.4 Å². The number of aromatic amines is 1. The maximum Gasteiger partial charge on any atom is 0.248 e. The summed E-state index contributed by atoms with van der Waals surface area (Å²) in [4.78, 5) is 19.0. The van der Waals surface area contributed by atoms with Gasteiger partial charge in [-0.25, -0.2) is 4.98 Å². The summed E-state index contributed by atoms with van der Waals surface area (Å²) >= 11 is 0. The maximum absolute atomic E-state index is 11.3. The largest absolute Gasteiger partial charge is 0.486 e. The average Bonchev–Trinajstić information content (AvgIpc) is 3.29. The Bertz CT molecular complexity index is 1020. The number of benzene rings is 2. The Morgan fingerprint density at radius 1 is 1.16 bits per heavy atom. The number of hydrogen-bond acceptors (Lipinski definition) is 4. The van der Waals surface area contributed by atoms with Crippen LogP contribution in [0.5, 0.6) is 5.75 Å². The molecular weight excluding hydrogens is 318 g/mol. The number of nitrogens with one attached hydrogen (secondary N) is 1. The van der Waals surface area contributed by atoms with Crippen LogP contribution in [0.15, 0.2) is 65.5 Å². The van der Waals surface area contributed by atoms with Gasteiger partial charge in [-0.2, -0.15) is 0 Å². The number of amides is 1. The molecule has 25 heavy (non-hydrogen) atoms. The number of fused-ring (bicyclic) bond motifs is 1. The van der Waals surface area contributed by atoms with Crippen molar-refractivity contribution in [1.29, 1.82) is 0 Å². The molecule has 6 nitrogen and oxygen atoms in total. The van der Waals surface area contributed by atoms with Gasteiger partial charge < -0.3 is 19.9 Å². The number of aromatic nitrogens is 2. The number of nitrogens with two attached hydrogens (primary N) is 1. The molecule has 4 rings (SSSR count). The lowest BCUT2D eigenvalue weighted by molar-refractivity contribution is 0.100. The van der Waals surface area contributed by atoms with Gasteiger partial charge in [0.05, 0.1) is 17.3 Å². The highest BCUT2D eigenvalue weighted by Gasteiger charge is 2.08. The fourth-order valence-corrected chi connectivity index (χ4v) is 2.56. The number of imidazole rings is 1. The Labute approximate surface area is 143 Å². The molecule has 0 saturated carbocycles. The molecule has 0 saturated heterocycles. The molecule has 0 aliphatic carbocycles. The first-order chi connectivity index (χ1) is 12.2. The van der Waals surface area contributed by atoms with Crippen LogP contribution in [0.2, 0.25) is 0 Å². The smallest absolute Gasteiger partial charge is 0.248 e. The second-order valence-electron chi connectivity index (χ2n) is 5.63. The molecule has 0 bridgehead atoms. The van der Waals surface area contributed by atoms with E-state index in [9.17, 15) is 4.79 Å². The molecule has 0 aliphatic rings. The molecule has 6 heteroatoms. The van der Waals surface area contributed by atoms with Crippen LogP contribution in [0.3, 0.4) is 0 Å². The summed E-state index contributed by atoms with van der Waals surface area (Å²) < 4.78 is 10.6. The molecule has 2 aromatic heterocycles. The average molecular weight is 333 g/mol. The Morgan fingerprint density at radius 2 is 2.00 bits per heavy atom. The summed E-state index contributed by atoms with van der Waals surface area (Å²) in [5.41, 5.74) is 9.31. The number of primary amides is 1. The normalized spacial score (nSPS) is 10.9. The SMILES string of the molecule is NC(=O)c1ccc2nc(-c3ccc(COc4ccoc4)cc3)[nH]c2c1. The van der Waals surface area contributed by atoms with Gasteiger partial charge in [-0.3, -0.25) is 4.79 Å². The molecule has 0 atom stereocenters. The van der Waals surface area contributed by atoms with Crippen LogP contribution in [-0.2, 0) is 6.61 Å². The summed E-state index contributed by atoms with van der Waals surface area (Å²) in [7, 11) is 0. The van der Waals surface area contributed by atoms with Gasteiger partial charge in [0.1, 0.15) is 18.7 Å². The number of nitrogens with zero attached hydrogens (tertiary/aromatic N) is 1. The van der Waals surface area contributed by atoms with E-state index in [4.69, 9.17) is 14.9 Å². The topological polar surface area (TPSA) is 94.1 Å². The minimum atomic E-state index is -0.458. The molecule has 1 amide bonds. The predicted octanol–water partition coefficient (Wildman–Crippen LogP) is 3.50. The first kappa shape index (κ1) is 15.0. The van der Waals surface area contributed by atoms with Crippen molar-refractivity contribution < 1.29 is 13.9 Å². The van der Waals surface area contributed by atoms with Crippen LogP contribution in [0, 0.1) is 0 Å². The number of furan rings is 1. The van der Waals surface area contributed by atoms with Crippen LogP contribution in [-0.4, -0.2) is 15.9 Å². The number of rotatable bonds is 5. The molecule has 0 radical (unpaired) electrons. The Hall–Kier alpha value is -3.54. The molecule has 2 heterocycles. The number of carbonyl (C=O) groups is 1. The number of H-pyrrole nitrogens is 1. The number of ether oxygens (including phenoxy) is 1. The molecule has 0 unspecified atom stereocenters. The molecule has 4 aromatic rings. The van der Waals surface area contributed by atoms with Crippen LogP contribution >= 0.6 is 0 Å². The third-order valence-corrected chi connectivity index (χ3v) is 3.89. The highest BCUT2D eigenvalue weighted by Crippen LogP contribution is 2.22. The molecule has 3 N–H and O–H groups in total. The predicted molar refractivity (Wildman–Crippen MR) is 93.1 cm³/mol. The first-order valence-electron chi connectivity index (χ1n) is 7.73. The lowest BCUT2D eigenvalue weighted by atomic mass is 10.1. The standard InChI is InChI=1S/C19H15N3O3/c20-18(23)14-5-6-16-17(9-14)22-19(21-16)13-3-1-12(2-4-13)10-25-15-7-8-24-11-15/h1-9,11H,10H2,(H2,20,23)(H,21,22). The van der Waals surface area contributed by atoms with Crippen molar-refractivity contribution in [2.24, 2.45) is 5.73 Å². The van der Waals surface area contributed by atoms with Crippen molar-refractivity contribution >= 4 is 16.9 Å². The van der Waals surface area contributed by atoms with Gasteiger partial charge in [-0.15, -0.1) is 0 Å². The minimum absolute atomic E-state index is 0.453. The highest BCUT2D eigenvalue weighted by atomic mass is 16.5. The molecular formula is C19H15N3O3. The molecule has 0 spiro atoms. The summed E-state index contributed by atoms with van der Waals surface area (Å²) in [5, 5.41) is 0. The second-order valence-corrected chi connectivity index (χ2v) is 5.63. The van der Waals surface area contributed by atoms with E-state index in [0.717, 1.165) is 28.0 Å². The zero-order valence-electron chi connectivity index (χ0n) is 13.2. The van der Waals surface area contributed by atoms with Gasteiger partial charge in [0, 0.05) is 17.2 Å². The molecule has 0 fully saturated rings. The van der Waals surface area contributed by atoms with E-state index in [1.807, 2.05) is 24.3 Å². The van der Waals surface area contributed by atoms with Crippen molar-refractivity contribution in [2.75, 3.05) is 0 Å². The van der Waals surface area contributed by atoms with Crippen molar-refractivity contribution in [1.82, 2.24) is 9.97 Å². The van der Waals surface area contributed by atoms with E-state index in [0.29, 0.717) is 17.9 Å². The maximum atomic E-state index is 11.3. The van der Waals surface area contributed by atoms with E-state index < -0.39 is 5.91 Å². The first-order valence-corrected chi connectivity index (χ1v) is 7.73. The third kappa shape index (κ3) is 3.10. The molecule has 124 valence electrons. The van der Waals surface area contributed by atoms with E-state index >= 15 is 0 Å². The summed E-state index contributed by atoms with van der Waals surface area (Å²) in [5.74, 6) is 0.977. The second kappa shape index (κ2) is 6.16. The summed E-state index contributed by atoms with van der Waals surface area (Å²) in [6.07, 6.45) is 3.13. The Kier molecular flexibility index (Phi) is 3.70. The van der Waals surface area contributed by atoms with Gasteiger partial charge in [-0.1, -0.05) is 24.3 Å². The fraction of sp³-hybridized carbons (Fsp3) is 0.0526. The van der Waals surface area contributed by atoms with Crippen molar-refractivity contribution in [3.63, 3.8) is 0 Å². The van der Waals surface area contributed by atoms with Gasteiger partial charge in [-0.05, 0) is 23.8 Å². The van der Waals surface area contributed by atoms with E-state index in [1.54, 1.807) is 36.8 Å². The zero-order chi connectivity index (χ0) is 17.2. The van der Waals surface area contributed by atoms with Gasteiger partial charge >= 0.3 is 0 Å². The van der Waals surface area contributed by atoms with Crippen LogP contribution < -0.4 is 10.5 Å². The molecule has 2 aromatic carbocycles. The number of carbonyl (C=O) groups excluding carboxylic acids is 1. The van der Waals surface area contributed by atoms with E-state index in [-0.39, 0.29) is 0 Å². The van der Waals surface area contributed by atoms with Gasteiger partial charge in [0.15, 0.2) is 5.75 Å². The molecule has 0 aliphatic heterocycles. The lowest BCUT2D eigenvalue weighted by Gasteiger charge is -2.04. The van der Waals surface area contributed by atoms with Crippen molar-refractivity contribution in [2.45, 2.75) is 6.61 Å². The van der Waals surface area contributed by atoms with Crippen molar-refractivity contribution in [3.8, 4) is 17.1 Å². The summed E-state index contributed by atoms with van der Waals surface area (Å²) in [6.45, 7) is 0.460. The number of hydrogen-bond donors (Lipinski definition) is 2. The zero-order valence-corrected chi connectivity index (χ0v) is 13.2. The van der Waals surface area contributed by atoms with Crippen molar-refractivity contribution in [3.05, 3.63) is 72.2 Å². The minimum Gasteiger partial charge on any atom is -0.486 e. The van der Waals surface area contributed by atoms with Crippen LogP contribution in [0.1, 0.15) is 15.9 Å². The van der Waals surface area contributed by atoms with Gasteiger partial charge in [0.2, 0.25) is 5.91 Å². The fourth-order valence-electron chi connectivity index (χ4n) is 2.56. The Morgan fingerprint density at radius 3 is 2.72 bits per heavy atom. The highest BCUT2D eigenvalue weighted by molar-refractivity contribution is 5.96. The van der Waals surface area contributed by atoms with E-state index in [1.165, 1.54) is 0 Å². The third-order valence-electron chi connectivity index (χ3n) is 3.89. The monoisotopic (exact) mass is 333 g/mol. The quantitative estimate of drug-likeness (QED) is 0.584. The lowest BCUT2D eigenvalue weighted by Crippen LogP contribution is -2.10. The van der Waals surface area contributed by atoms with Crippen LogP contribution in [0.4, 0.5) is 0 Å². The van der Waals surface area contributed by atoms with E-state index in [2.05, 4.69) is 9.97 Å².